The maximum absolute atomic E-state index is 12.8. The number of thioether (sulfide) groups is 1. The number of halogens is 1. The van der Waals surface area contributed by atoms with Crippen LogP contribution in [0.3, 0.4) is 0 Å². The SMILES string of the molecule is CC(=O)N(c1nnc(SCC(=O)NCCc2ccc(F)cc2)s1)C1CC1. The predicted octanol–water partition coefficient (Wildman–Crippen LogP) is 2.64. The first-order valence-corrected chi connectivity index (χ1v) is 10.1. The average Bonchev–Trinajstić information content (AvgIpc) is 3.32. The lowest BCUT2D eigenvalue weighted by molar-refractivity contribution is -0.118. The number of aromatic nitrogens is 2. The molecule has 6 nitrogen and oxygen atoms in total. The summed E-state index contributed by atoms with van der Waals surface area (Å²) in [6.45, 7) is 2.02. The van der Waals surface area contributed by atoms with Crippen molar-refractivity contribution in [2.45, 2.75) is 36.6 Å². The van der Waals surface area contributed by atoms with Gasteiger partial charge in [-0.05, 0) is 37.0 Å². The minimum absolute atomic E-state index is 0.0289. The molecule has 1 aromatic heterocycles. The van der Waals surface area contributed by atoms with E-state index >= 15 is 0 Å². The molecule has 3 rings (SSSR count). The molecule has 2 aromatic rings. The lowest BCUT2D eigenvalue weighted by Crippen LogP contribution is -2.30. The quantitative estimate of drug-likeness (QED) is 0.550. The third kappa shape index (κ3) is 5.25. The summed E-state index contributed by atoms with van der Waals surface area (Å²) >= 11 is 2.64. The van der Waals surface area contributed by atoms with E-state index in [2.05, 4.69) is 15.5 Å². The monoisotopic (exact) mass is 394 g/mol. The van der Waals surface area contributed by atoms with E-state index in [1.807, 2.05) is 0 Å². The number of hydrogen-bond donors (Lipinski definition) is 1. The van der Waals surface area contributed by atoms with Crippen LogP contribution in [0.25, 0.3) is 0 Å². The van der Waals surface area contributed by atoms with Gasteiger partial charge < -0.3 is 5.32 Å². The summed E-state index contributed by atoms with van der Waals surface area (Å²) in [5, 5.41) is 11.6. The van der Waals surface area contributed by atoms with Gasteiger partial charge in [-0.3, -0.25) is 14.5 Å². The maximum atomic E-state index is 12.8. The summed E-state index contributed by atoms with van der Waals surface area (Å²) in [4.78, 5) is 25.3. The summed E-state index contributed by atoms with van der Waals surface area (Å²) < 4.78 is 13.5. The highest BCUT2D eigenvalue weighted by Crippen LogP contribution is 2.35. The first kappa shape index (κ1) is 18.8. The van der Waals surface area contributed by atoms with Gasteiger partial charge >= 0.3 is 0 Å². The zero-order valence-corrected chi connectivity index (χ0v) is 15.9. The van der Waals surface area contributed by atoms with Crippen molar-refractivity contribution in [1.82, 2.24) is 15.5 Å². The molecule has 0 radical (unpaired) electrons. The van der Waals surface area contributed by atoms with Crippen molar-refractivity contribution in [3.05, 3.63) is 35.6 Å². The van der Waals surface area contributed by atoms with Crippen LogP contribution in [-0.4, -0.2) is 40.4 Å². The van der Waals surface area contributed by atoms with Crippen molar-refractivity contribution < 1.29 is 14.0 Å². The lowest BCUT2D eigenvalue weighted by Gasteiger charge is -2.15. The highest BCUT2D eigenvalue weighted by Gasteiger charge is 2.34. The molecule has 0 unspecified atom stereocenters. The van der Waals surface area contributed by atoms with Crippen LogP contribution in [0, 0.1) is 5.82 Å². The third-order valence-corrected chi connectivity index (χ3v) is 5.88. The van der Waals surface area contributed by atoms with E-state index in [0.717, 1.165) is 18.4 Å². The maximum Gasteiger partial charge on any atom is 0.230 e. The molecule has 1 aliphatic rings. The standard InChI is InChI=1S/C17H19FN4O2S2/c1-11(23)22(14-6-7-14)16-20-21-17(26-16)25-10-15(24)19-9-8-12-2-4-13(18)5-3-12/h2-5,14H,6-10H2,1H3,(H,19,24). The fourth-order valence-corrected chi connectivity index (χ4v) is 4.20. The summed E-state index contributed by atoms with van der Waals surface area (Å²) in [5.74, 6) is -0.157. The fraction of sp³-hybridized carbons (Fsp3) is 0.412. The average molecular weight is 394 g/mol. The van der Waals surface area contributed by atoms with Crippen LogP contribution in [0.2, 0.25) is 0 Å². The van der Waals surface area contributed by atoms with Crippen molar-refractivity contribution >= 4 is 40.0 Å². The largest absolute Gasteiger partial charge is 0.355 e. The van der Waals surface area contributed by atoms with Gasteiger partial charge in [-0.15, -0.1) is 10.2 Å². The molecule has 1 N–H and O–H groups in total. The van der Waals surface area contributed by atoms with Crippen LogP contribution in [-0.2, 0) is 16.0 Å². The van der Waals surface area contributed by atoms with Gasteiger partial charge in [0.1, 0.15) is 5.82 Å². The normalized spacial score (nSPS) is 13.5. The second-order valence-corrected chi connectivity index (χ2v) is 8.16. The molecule has 2 amide bonds. The van der Waals surface area contributed by atoms with Gasteiger partial charge in [-0.2, -0.15) is 0 Å². The minimum Gasteiger partial charge on any atom is -0.355 e. The number of rotatable bonds is 8. The van der Waals surface area contributed by atoms with Crippen molar-refractivity contribution in [2.75, 3.05) is 17.2 Å². The number of benzene rings is 1. The van der Waals surface area contributed by atoms with Gasteiger partial charge in [-0.25, -0.2) is 4.39 Å². The Bertz CT molecular complexity index is 777. The molecule has 1 saturated carbocycles. The second-order valence-electron chi connectivity index (χ2n) is 5.99. The molecule has 1 aliphatic carbocycles. The number of hydrogen-bond acceptors (Lipinski definition) is 6. The Kier molecular flexibility index (Phi) is 6.20. The van der Waals surface area contributed by atoms with E-state index in [9.17, 15) is 14.0 Å². The van der Waals surface area contributed by atoms with Crippen LogP contribution < -0.4 is 10.2 Å². The summed E-state index contributed by atoms with van der Waals surface area (Å²) in [7, 11) is 0. The first-order chi connectivity index (χ1) is 12.5. The van der Waals surface area contributed by atoms with Crippen molar-refractivity contribution in [3.63, 3.8) is 0 Å². The molecule has 26 heavy (non-hydrogen) atoms. The lowest BCUT2D eigenvalue weighted by atomic mass is 10.1. The third-order valence-electron chi connectivity index (χ3n) is 3.83. The molecular weight excluding hydrogens is 375 g/mol. The number of carbonyl (C=O) groups is 2. The number of carbonyl (C=O) groups excluding carboxylic acids is 2. The van der Waals surface area contributed by atoms with Gasteiger partial charge in [0.2, 0.25) is 16.9 Å². The highest BCUT2D eigenvalue weighted by molar-refractivity contribution is 8.01. The van der Waals surface area contributed by atoms with E-state index < -0.39 is 0 Å². The second kappa shape index (κ2) is 8.59. The predicted molar refractivity (Wildman–Crippen MR) is 99.9 cm³/mol. The molecule has 0 aliphatic heterocycles. The van der Waals surface area contributed by atoms with Crippen LogP contribution in [0.1, 0.15) is 25.3 Å². The molecule has 0 saturated heterocycles. The van der Waals surface area contributed by atoms with Gasteiger partial charge in [0.05, 0.1) is 5.75 Å². The Morgan fingerprint density at radius 2 is 2.04 bits per heavy atom. The molecule has 0 spiro atoms. The highest BCUT2D eigenvalue weighted by atomic mass is 32.2. The Morgan fingerprint density at radius 1 is 1.31 bits per heavy atom. The molecule has 1 fully saturated rings. The van der Waals surface area contributed by atoms with E-state index in [4.69, 9.17) is 0 Å². The molecule has 1 aromatic carbocycles. The Balaban J connectivity index is 1.41. The zero-order chi connectivity index (χ0) is 18.5. The van der Waals surface area contributed by atoms with Crippen LogP contribution >= 0.6 is 23.1 Å². The van der Waals surface area contributed by atoms with E-state index in [1.165, 1.54) is 42.2 Å². The molecule has 0 atom stereocenters. The number of nitrogens with one attached hydrogen (secondary N) is 1. The number of amides is 2. The first-order valence-electron chi connectivity index (χ1n) is 8.30. The van der Waals surface area contributed by atoms with Gasteiger partial charge in [-0.1, -0.05) is 35.2 Å². The van der Waals surface area contributed by atoms with Crippen LogP contribution in [0.4, 0.5) is 9.52 Å². The van der Waals surface area contributed by atoms with Gasteiger partial charge in [0, 0.05) is 19.5 Å². The Hall–Kier alpha value is -2.00. The molecule has 0 bridgehead atoms. The van der Waals surface area contributed by atoms with Crippen molar-refractivity contribution in [1.29, 1.82) is 0 Å². The van der Waals surface area contributed by atoms with Crippen molar-refractivity contribution in [2.24, 2.45) is 0 Å². The molecule has 1 heterocycles. The molecular formula is C17H19FN4O2S2. The van der Waals surface area contributed by atoms with E-state index in [0.29, 0.717) is 22.4 Å². The van der Waals surface area contributed by atoms with Crippen molar-refractivity contribution in [3.8, 4) is 0 Å². The fourth-order valence-electron chi connectivity index (χ4n) is 2.41. The van der Waals surface area contributed by atoms with E-state index in [1.54, 1.807) is 17.0 Å². The summed E-state index contributed by atoms with van der Waals surface area (Å²) in [6.07, 6.45) is 2.64. The smallest absolute Gasteiger partial charge is 0.230 e. The minimum atomic E-state index is -0.268. The van der Waals surface area contributed by atoms with Gasteiger partial charge in [0.15, 0.2) is 4.34 Å². The summed E-state index contributed by atoms with van der Waals surface area (Å²) in [5.41, 5.74) is 0.970. The number of anilines is 1. The molecule has 9 heteroatoms. The van der Waals surface area contributed by atoms with Gasteiger partial charge in [0.25, 0.3) is 0 Å². The molecule has 138 valence electrons. The Morgan fingerprint density at radius 3 is 2.69 bits per heavy atom. The van der Waals surface area contributed by atoms with Crippen LogP contribution in [0.15, 0.2) is 28.6 Å². The Labute approximate surface area is 159 Å². The topological polar surface area (TPSA) is 75.2 Å². The number of nitrogens with zero attached hydrogens (tertiary/aromatic N) is 3. The van der Waals surface area contributed by atoms with Crippen LogP contribution in [0.5, 0.6) is 0 Å². The summed E-state index contributed by atoms with van der Waals surface area (Å²) in [6, 6.07) is 6.48. The zero-order valence-electron chi connectivity index (χ0n) is 14.3. The van der Waals surface area contributed by atoms with E-state index in [-0.39, 0.29) is 29.4 Å².